The molecule has 0 saturated carbocycles. The molecular weight excluding hydrogens is 258 g/mol. The minimum Gasteiger partial charge on any atom is -0.478 e. The average molecular weight is 268 g/mol. The second-order valence-corrected chi connectivity index (χ2v) is 3.64. The molecule has 15 heavy (non-hydrogen) atoms. The Kier molecular flexibility index (Phi) is 4.19. The van der Waals surface area contributed by atoms with Crippen molar-refractivity contribution < 1.29 is 9.90 Å². The highest BCUT2D eigenvalue weighted by molar-refractivity contribution is 9.09. The lowest BCUT2D eigenvalue weighted by atomic mass is 10.1. The second-order valence-electron chi connectivity index (χ2n) is 2.85. The van der Waals surface area contributed by atoms with Gasteiger partial charge >= 0.3 is 5.97 Å². The molecule has 1 aromatic carbocycles. The highest BCUT2D eigenvalue weighted by Gasteiger charge is 2.06. The number of carboxylic acids is 1. The van der Waals surface area contributed by atoms with Crippen LogP contribution in [0.15, 0.2) is 18.2 Å². The number of hydrogen-bond acceptors (Lipinski definition) is 2. The normalized spacial score (nSPS) is 9.13. The molecule has 0 aliphatic carbocycles. The number of halogens is 1. The van der Waals surface area contributed by atoms with Gasteiger partial charge in [-0.1, -0.05) is 27.8 Å². The molecular formula is C11H10BrNO2. The number of carboxylic acid groups (broad SMARTS) is 1. The number of carbonyl (C=O) groups is 1. The van der Waals surface area contributed by atoms with E-state index in [1.165, 1.54) is 6.07 Å². The van der Waals surface area contributed by atoms with Gasteiger partial charge in [-0.15, -0.1) is 0 Å². The van der Waals surface area contributed by atoms with E-state index in [9.17, 15) is 4.79 Å². The molecule has 0 fully saturated rings. The third-order valence-electron chi connectivity index (χ3n) is 1.73. The Hall–Kier alpha value is -1.47. The van der Waals surface area contributed by atoms with Crippen molar-refractivity contribution >= 4 is 27.6 Å². The van der Waals surface area contributed by atoms with Gasteiger partial charge in [0.1, 0.15) is 0 Å². The first-order valence-electron chi connectivity index (χ1n) is 4.33. The maximum Gasteiger partial charge on any atom is 0.337 e. The van der Waals surface area contributed by atoms with Crippen LogP contribution < -0.4 is 5.73 Å². The predicted molar refractivity (Wildman–Crippen MR) is 63.1 cm³/mol. The molecule has 0 aliphatic heterocycles. The van der Waals surface area contributed by atoms with Gasteiger partial charge < -0.3 is 10.8 Å². The fourth-order valence-electron chi connectivity index (χ4n) is 1.05. The van der Waals surface area contributed by atoms with Gasteiger partial charge in [0.15, 0.2) is 0 Å². The zero-order valence-corrected chi connectivity index (χ0v) is 9.54. The number of anilines is 1. The summed E-state index contributed by atoms with van der Waals surface area (Å²) < 4.78 is 0. The lowest BCUT2D eigenvalue weighted by Gasteiger charge is -2.00. The largest absolute Gasteiger partial charge is 0.478 e. The van der Waals surface area contributed by atoms with Crippen LogP contribution in [-0.4, -0.2) is 16.4 Å². The third-order valence-corrected chi connectivity index (χ3v) is 2.13. The second kappa shape index (κ2) is 5.42. The Bertz CT molecular complexity index is 432. The molecule has 0 atom stereocenters. The molecule has 0 unspecified atom stereocenters. The number of nitrogen functional groups attached to an aromatic ring is 1. The highest BCUT2D eigenvalue weighted by atomic mass is 79.9. The molecule has 78 valence electrons. The van der Waals surface area contributed by atoms with Crippen molar-refractivity contribution in [1.29, 1.82) is 0 Å². The van der Waals surface area contributed by atoms with Gasteiger partial charge in [0.05, 0.1) is 5.56 Å². The van der Waals surface area contributed by atoms with Crippen molar-refractivity contribution in [3.05, 3.63) is 29.3 Å². The zero-order valence-electron chi connectivity index (χ0n) is 7.96. The summed E-state index contributed by atoms with van der Waals surface area (Å²) >= 11 is 3.26. The summed E-state index contributed by atoms with van der Waals surface area (Å²) in [7, 11) is 0. The van der Waals surface area contributed by atoms with Gasteiger partial charge in [0.2, 0.25) is 0 Å². The number of aromatic carboxylic acids is 1. The van der Waals surface area contributed by atoms with Gasteiger partial charge in [0.25, 0.3) is 0 Å². The summed E-state index contributed by atoms with van der Waals surface area (Å²) in [6, 6.07) is 4.70. The number of nitrogens with two attached hydrogens (primary N) is 1. The molecule has 0 aromatic heterocycles. The van der Waals surface area contributed by atoms with Crippen molar-refractivity contribution in [3.63, 3.8) is 0 Å². The quantitative estimate of drug-likeness (QED) is 0.490. The molecule has 4 heteroatoms. The summed E-state index contributed by atoms with van der Waals surface area (Å²) in [5.41, 5.74) is 6.66. The predicted octanol–water partition coefficient (Wildman–Crippen LogP) is 2.10. The number of benzene rings is 1. The van der Waals surface area contributed by atoms with Crippen LogP contribution >= 0.6 is 15.9 Å². The SMILES string of the molecule is Nc1cc(C#CCCBr)ccc1C(=O)O. The third kappa shape index (κ3) is 3.30. The van der Waals surface area contributed by atoms with Crippen LogP contribution in [-0.2, 0) is 0 Å². The fourth-order valence-corrected chi connectivity index (χ4v) is 1.25. The summed E-state index contributed by atoms with van der Waals surface area (Å²) in [4.78, 5) is 10.7. The molecule has 0 heterocycles. The first-order valence-corrected chi connectivity index (χ1v) is 5.45. The van der Waals surface area contributed by atoms with Crippen molar-refractivity contribution in [3.8, 4) is 11.8 Å². The minimum atomic E-state index is -1.02. The fraction of sp³-hybridized carbons (Fsp3) is 0.182. The Morgan fingerprint density at radius 2 is 2.27 bits per heavy atom. The first-order chi connectivity index (χ1) is 7.15. The van der Waals surface area contributed by atoms with E-state index in [0.717, 1.165) is 17.3 Å². The van der Waals surface area contributed by atoms with Crippen LogP contribution in [0.1, 0.15) is 22.3 Å². The van der Waals surface area contributed by atoms with Gasteiger partial charge in [0, 0.05) is 23.0 Å². The van der Waals surface area contributed by atoms with E-state index in [4.69, 9.17) is 10.8 Å². The maximum absolute atomic E-state index is 10.7. The van der Waals surface area contributed by atoms with Crippen LogP contribution in [0.4, 0.5) is 5.69 Å². The van der Waals surface area contributed by atoms with E-state index in [-0.39, 0.29) is 11.3 Å². The molecule has 3 N–H and O–H groups in total. The molecule has 0 radical (unpaired) electrons. The van der Waals surface area contributed by atoms with Crippen molar-refractivity contribution in [2.24, 2.45) is 0 Å². The van der Waals surface area contributed by atoms with Crippen LogP contribution in [0.3, 0.4) is 0 Å². The topological polar surface area (TPSA) is 63.3 Å². The number of hydrogen-bond donors (Lipinski definition) is 2. The van der Waals surface area contributed by atoms with E-state index < -0.39 is 5.97 Å². The summed E-state index contributed by atoms with van der Waals surface area (Å²) in [6.07, 6.45) is 0.751. The Labute approximate surface area is 96.4 Å². The van der Waals surface area contributed by atoms with Gasteiger partial charge in [-0.05, 0) is 18.2 Å². The van der Waals surface area contributed by atoms with Crippen molar-refractivity contribution in [2.45, 2.75) is 6.42 Å². The number of alkyl halides is 1. The summed E-state index contributed by atoms with van der Waals surface area (Å²) in [6.45, 7) is 0. The Morgan fingerprint density at radius 3 is 2.80 bits per heavy atom. The molecule has 0 amide bonds. The molecule has 1 rings (SSSR count). The summed E-state index contributed by atoms with van der Waals surface area (Å²) in [5, 5.41) is 9.57. The molecule has 0 bridgehead atoms. The van der Waals surface area contributed by atoms with Crippen molar-refractivity contribution in [1.82, 2.24) is 0 Å². The van der Waals surface area contributed by atoms with E-state index in [1.54, 1.807) is 12.1 Å². The van der Waals surface area contributed by atoms with Gasteiger partial charge in [-0.3, -0.25) is 0 Å². The highest BCUT2D eigenvalue weighted by Crippen LogP contribution is 2.13. The van der Waals surface area contributed by atoms with E-state index in [2.05, 4.69) is 27.8 Å². The molecule has 1 aromatic rings. The molecule has 0 aliphatic rings. The Morgan fingerprint density at radius 1 is 1.53 bits per heavy atom. The van der Waals surface area contributed by atoms with Crippen LogP contribution in [0, 0.1) is 11.8 Å². The van der Waals surface area contributed by atoms with Crippen LogP contribution in [0.25, 0.3) is 0 Å². The lowest BCUT2D eigenvalue weighted by Crippen LogP contribution is -2.02. The van der Waals surface area contributed by atoms with E-state index in [1.807, 2.05) is 0 Å². The standard InChI is InChI=1S/C11H10BrNO2/c12-6-2-1-3-8-4-5-9(11(14)15)10(13)7-8/h4-5,7H,2,6,13H2,(H,14,15). The molecule has 3 nitrogen and oxygen atoms in total. The summed E-state index contributed by atoms with van der Waals surface area (Å²) in [5.74, 6) is 4.81. The van der Waals surface area contributed by atoms with Crippen LogP contribution in [0.2, 0.25) is 0 Å². The average Bonchev–Trinajstić information content (AvgIpc) is 2.17. The first kappa shape index (κ1) is 11.6. The maximum atomic E-state index is 10.7. The zero-order chi connectivity index (χ0) is 11.3. The minimum absolute atomic E-state index is 0.112. The van der Waals surface area contributed by atoms with Crippen LogP contribution in [0.5, 0.6) is 0 Å². The smallest absolute Gasteiger partial charge is 0.337 e. The van der Waals surface area contributed by atoms with E-state index >= 15 is 0 Å². The van der Waals surface area contributed by atoms with Gasteiger partial charge in [-0.2, -0.15) is 0 Å². The van der Waals surface area contributed by atoms with Gasteiger partial charge in [-0.25, -0.2) is 4.79 Å². The van der Waals surface area contributed by atoms with E-state index in [0.29, 0.717) is 0 Å². The lowest BCUT2D eigenvalue weighted by molar-refractivity contribution is 0.0698. The number of rotatable bonds is 2. The monoisotopic (exact) mass is 267 g/mol. The molecule has 0 saturated heterocycles. The Balaban J connectivity index is 2.93. The molecule has 0 spiro atoms. The van der Waals surface area contributed by atoms with Crippen molar-refractivity contribution in [2.75, 3.05) is 11.1 Å².